The van der Waals surface area contributed by atoms with Crippen molar-refractivity contribution >= 4 is 11.8 Å². The van der Waals surface area contributed by atoms with Gasteiger partial charge in [0.1, 0.15) is 6.10 Å². The summed E-state index contributed by atoms with van der Waals surface area (Å²) >= 11 is 0. The second kappa shape index (κ2) is 9.27. The second-order valence-electron chi connectivity index (χ2n) is 7.93. The summed E-state index contributed by atoms with van der Waals surface area (Å²) in [6, 6.07) is 12.5. The summed E-state index contributed by atoms with van der Waals surface area (Å²) in [5.74, 6) is -1.61. The number of hydrogen-bond acceptors (Lipinski definition) is 5. The average molecular weight is 452 g/mol. The molecule has 0 saturated carbocycles. The number of amides is 2. The molecular weight excluding hydrogens is 429 g/mol. The molecule has 3 N–H and O–H groups in total. The number of nitrogens with zero attached hydrogens (tertiary/aromatic N) is 1. The molecule has 1 aliphatic heterocycles. The SMILES string of the molecule is C[C@@]1(CN(O)C(=O)c2ccccc2)CO[C@H](CNC(=O)c2ccccc2C(F)(F)F)[C@H]1O. The van der Waals surface area contributed by atoms with E-state index >= 15 is 0 Å². The van der Waals surface area contributed by atoms with Gasteiger partial charge in [-0.2, -0.15) is 13.2 Å². The maximum atomic E-state index is 13.1. The van der Waals surface area contributed by atoms with Crippen molar-refractivity contribution in [1.82, 2.24) is 10.4 Å². The number of nitrogens with one attached hydrogen (secondary N) is 1. The van der Waals surface area contributed by atoms with Crippen molar-refractivity contribution in [2.24, 2.45) is 5.41 Å². The maximum Gasteiger partial charge on any atom is 0.417 e. The summed E-state index contributed by atoms with van der Waals surface area (Å²) in [4.78, 5) is 24.7. The largest absolute Gasteiger partial charge is 0.417 e. The summed E-state index contributed by atoms with van der Waals surface area (Å²) in [5, 5.41) is 23.7. The van der Waals surface area contributed by atoms with Gasteiger partial charge >= 0.3 is 6.18 Å². The van der Waals surface area contributed by atoms with Crippen LogP contribution in [0.3, 0.4) is 0 Å². The van der Waals surface area contributed by atoms with E-state index in [4.69, 9.17) is 4.74 Å². The standard InChI is InChI=1S/C22H23F3N2O5/c1-21(12-27(31)20(30)14-7-3-2-4-8-14)13-32-17(18(21)28)11-26-19(29)15-9-5-6-10-16(15)22(23,24)25/h2-10,17-18,28,31H,11-13H2,1H3,(H,26,29)/t17-,18-,21-/m1/s1. The summed E-state index contributed by atoms with van der Waals surface area (Å²) < 4.78 is 44.9. The Bertz CT molecular complexity index is 970. The summed E-state index contributed by atoms with van der Waals surface area (Å²) in [7, 11) is 0. The van der Waals surface area contributed by atoms with Gasteiger partial charge in [0, 0.05) is 17.5 Å². The summed E-state index contributed by atoms with van der Waals surface area (Å²) in [6.07, 6.45) is -6.81. The van der Waals surface area contributed by atoms with Gasteiger partial charge in [-0.1, -0.05) is 37.3 Å². The molecule has 1 saturated heterocycles. The van der Waals surface area contributed by atoms with Gasteiger partial charge in [-0.25, -0.2) is 5.06 Å². The zero-order chi connectivity index (χ0) is 23.5. The molecule has 0 unspecified atom stereocenters. The highest BCUT2D eigenvalue weighted by atomic mass is 19.4. The number of alkyl halides is 3. The van der Waals surface area contributed by atoms with Gasteiger partial charge in [-0.05, 0) is 24.3 Å². The molecule has 3 rings (SSSR count). The fourth-order valence-electron chi connectivity index (χ4n) is 3.59. The topological polar surface area (TPSA) is 99.1 Å². The molecule has 10 heteroatoms. The molecule has 7 nitrogen and oxygen atoms in total. The van der Waals surface area contributed by atoms with Crippen LogP contribution in [0.5, 0.6) is 0 Å². The third-order valence-corrected chi connectivity index (χ3v) is 5.40. The van der Waals surface area contributed by atoms with Gasteiger partial charge in [0.05, 0.1) is 30.4 Å². The lowest BCUT2D eigenvalue weighted by atomic mass is 9.84. The van der Waals surface area contributed by atoms with E-state index in [0.29, 0.717) is 5.06 Å². The monoisotopic (exact) mass is 452 g/mol. The second-order valence-corrected chi connectivity index (χ2v) is 7.93. The predicted molar refractivity (Wildman–Crippen MR) is 107 cm³/mol. The van der Waals surface area contributed by atoms with Gasteiger partial charge in [0.15, 0.2) is 0 Å². The Hall–Kier alpha value is -2.95. The molecule has 0 aliphatic carbocycles. The van der Waals surface area contributed by atoms with Crippen LogP contribution >= 0.6 is 0 Å². The zero-order valence-corrected chi connectivity index (χ0v) is 17.2. The van der Waals surface area contributed by atoms with Gasteiger partial charge in [-0.15, -0.1) is 0 Å². The fourth-order valence-corrected chi connectivity index (χ4v) is 3.59. The third-order valence-electron chi connectivity index (χ3n) is 5.40. The zero-order valence-electron chi connectivity index (χ0n) is 17.2. The normalized spacial score (nSPS) is 23.1. The third kappa shape index (κ3) is 5.09. The first-order valence-corrected chi connectivity index (χ1v) is 9.83. The molecule has 172 valence electrons. The van der Waals surface area contributed by atoms with Crippen molar-refractivity contribution in [3.8, 4) is 0 Å². The minimum Gasteiger partial charge on any atom is -0.390 e. The molecule has 0 bridgehead atoms. The first-order valence-electron chi connectivity index (χ1n) is 9.83. The van der Waals surface area contributed by atoms with E-state index in [1.807, 2.05) is 0 Å². The number of hydroxylamine groups is 2. The minimum atomic E-state index is -4.69. The van der Waals surface area contributed by atoms with Crippen molar-refractivity contribution in [2.75, 3.05) is 19.7 Å². The van der Waals surface area contributed by atoms with Crippen LogP contribution in [0, 0.1) is 5.41 Å². The fraction of sp³-hybridized carbons (Fsp3) is 0.364. The Kier molecular flexibility index (Phi) is 6.87. The maximum absolute atomic E-state index is 13.1. The summed E-state index contributed by atoms with van der Waals surface area (Å²) in [6.45, 7) is 1.07. The summed E-state index contributed by atoms with van der Waals surface area (Å²) in [5.41, 5.74) is -2.40. The molecule has 2 amide bonds. The van der Waals surface area contributed by atoms with Crippen LogP contribution in [-0.2, 0) is 10.9 Å². The number of carbonyl (C=O) groups excluding carboxylic acids is 2. The first-order chi connectivity index (χ1) is 15.0. The predicted octanol–water partition coefficient (Wildman–Crippen LogP) is 2.73. The number of aliphatic hydroxyl groups excluding tert-OH is 1. The van der Waals surface area contributed by atoms with E-state index < -0.39 is 46.7 Å². The number of aliphatic hydroxyl groups is 1. The van der Waals surface area contributed by atoms with E-state index in [0.717, 1.165) is 12.1 Å². The molecule has 2 aromatic carbocycles. The van der Waals surface area contributed by atoms with Crippen LogP contribution in [0.1, 0.15) is 33.2 Å². The van der Waals surface area contributed by atoms with Crippen molar-refractivity contribution in [2.45, 2.75) is 25.3 Å². The van der Waals surface area contributed by atoms with Gasteiger partial charge < -0.3 is 15.2 Å². The lowest BCUT2D eigenvalue weighted by molar-refractivity contribution is -0.137. The molecule has 2 aromatic rings. The highest BCUT2D eigenvalue weighted by Crippen LogP contribution is 2.34. The van der Waals surface area contributed by atoms with Crippen LogP contribution in [-0.4, -0.2) is 59.1 Å². The Morgan fingerprint density at radius 1 is 1.16 bits per heavy atom. The van der Waals surface area contributed by atoms with Crippen LogP contribution in [0.4, 0.5) is 13.2 Å². The highest BCUT2D eigenvalue weighted by Gasteiger charge is 2.47. The molecular formula is C22H23F3N2O5. The lowest BCUT2D eigenvalue weighted by Crippen LogP contribution is -2.47. The molecule has 0 aromatic heterocycles. The van der Waals surface area contributed by atoms with Gasteiger partial charge in [-0.3, -0.25) is 14.8 Å². The number of carbonyl (C=O) groups is 2. The van der Waals surface area contributed by atoms with E-state index in [2.05, 4.69) is 5.32 Å². The quantitative estimate of drug-likeness (QED) is 0.463. The van der Waals surface area contributed by atoms with Crippen LogP contribution < -0.4 is 5.32 Å². The lowest BCUT2D eigenvalue weighted by Gasteiger charge is -2.31. The first kappa shape index (κ1) is 23.7. The molecule has 1 fully saturated rings. The van der Waals surface area contributed by atoms with Gasteiger partial charge in [0.25, 0.3) is 11.8 Å². The van der Waals surface area contributed by atoms with E-state index in [1.165, 1.54) is 24.3 Å². The number of rotatable bonds is 6. The average Bonchev–Trinajstić information content (AvgIpc) is 3.05. The van der Waals surface area contributed by atoms with E-state index in [-0.39, 0.29) is 25.3 Å². The molecule has 0 spiro atoms. The van der Waals surface area contributed by atoms with Crippen molar-refractivity contribution < 1.29 is 37.8 Å². The Morgan fingerprint density at radius 2 is 1.78 bits per heavy atom. The van der Waals surface area contributed by atoms with E-state index in [9.17, 15) is 33.1 Å². The van der Waals surface area contributed by atoms with E-state index in [1.54, 1.807) is 25.1 Å². The van der Waals surface area contributed by atoms with Crippen molar-refractivity contribution in [1.29, 1.82) is 0 Å². The Balaban J connectivity index is 1.61. The highest BCUT2D eigenvalue weighted by molar-refractivity contribution is 5.96. The van der Waals surface area contributed by atoms with Crippen LogP contribution in [0.2, 0.25) is 0 Å². The molecule has 1 heterocycles. The number of hydrogen-bond donors (Lipinski definition) is 3. The van der Waals surface area contributed by atoms with Crippen LogP contribution in [0.25, 0.3) is 0 Å². The van der Waals surface area contributed by atoms with Crippen molar-refractivity contribution in [3.63, 3.8) is 0 Å². The molecule has 32 heavy (non-hydrogen) atoms. The number of benzene rings is 2. The molecule has 1 aliphatic rings. The Labute approximate surface area is 182 Å². The molecule has 0 radical (unpaired) electrons. The number of halogens is 3. The van der Waals surface area contributed by atoms with Gasteiger partial charge in [0.2, 0.25) is 0 Å². The van der Waals surface area contributed by atoms with Crippen LogP contribution in [0.15, 0.2) is 54.6 Å². The number of ether oxygens (including phenoxy) is 1. The minimum absolute atomic E-state index is 0.0348. The molecule has 3 atom stereocenters. The van der Waals surface area contributed by atoms with Crippen molar-refractivity contribution in [3.05, 3.63) is 71.3 Å². The smallest absolute Gasteiger partial charge is 0.390 e. The Morgan fingerprint density at radius 3 is 2.44 bits per heavy atom.